The van der Waals surface area contributed by atoms with Crippen molar-refractivity contribution in [2.45, 2.75) is 6.54 Å². The topological polar surface area (TPSA) is 43.6 Å². The van der Waals surface area contributed by atoms with Gasteiger partial charge < -0.3 is 0 Å². The number of benzene rings is 2. The van der Waals surface area contributed by atoms with E-state index in [4.69, 9.17) is 0 Å². The van der Waals surface area contributed by atoms with Crippen LogP contribution >= 0.6 is 15.9 Å². The van der Waals surface area contributed by atoms with Gasteiger partial charge in [-0.2, -0.15) is 4.80 Å². The second-order valence-electron chi connectivity index (χ2n) is 4.49. The first-order valence-electron chi connectivity index (χ1n) is 6.56. The molecular weight excluding hydrogens is 328 g/mol. The van der Waals surface area contributed by atoms with Crippen LogP contribution in [0.2, 0.25) is 0 Å². The maximum Gasteiger partial charge on any atom is 0.204 e. The zero-order valence-corrected chi connectivity index (χ0v) is 12.8. The fraction of sp³-hybridized carbons (Fsp3) is 0.0625. The highest BCUT2D eigenvalue weighted by atomic mass is 79.9. The lowest BCUT2D eigenvalue weighted by molar-refractivity contribution is 0.583. The zero-order valence-electron chi connectivity index (χ0n) is 11.2. The molecule has 0 aliphatic rings. The molecule has 0 N–H and O–H groups in total. The number of nitrogens with zero attached hydrogens (tertiary/aromatic N) is 4. The van der Waals surface area contributed by atoms with Crippen LogP contribution < -0.4 is 0 Å². The van der Waals surface area contributed by atoms with Crippen LogP contribution in [0.4, 0.5) is 0 Å². The van der Waals surface area contributed by atoms with Gasteiger partial charge in [0.25, 0.3) is 0 Å². The van der Waals surface area contributed by atoms with E-state index in [9.17, 15) is 0 Å². The molecule has 0 saturated carbocycles. The van der Waals surface area contributed by atoms with Gasteiger partial charge in [-0.15, -0.1) is 10.2 Å². The Morgan fingerprint density at radius 1 is 1.00 bits per heavy atom. The average Bonchev–Trinajstić information content (AvgIpc) is 2.98. The minimum Gasteiger partial charge on any atom is -0.160 e. The third-order valence-corrected chi connectivity index (χ3v) is 3.46. The first-order valence-corrected chi connectivity index (χ1v) is 7.36. The Bertz CT molecular complexity index is 732. The van der Waals surface area contributed by atoms with Crippen molar-refractivity contribution in [1.29, 1.82) is 0 Å². The van der Waals surface area contributed by atoms with Crippen LogP contribution in [-0.2, 0) is 6.54 Å². The molecule has 0 bridgehead atoms. The van der Waals surface area contributed by atoms with Crippen molar-refractivity contribution in [3.8, 4) is 11.4 Å². The summed E-state index contributed by atoms with van der Waals surface area (Å²) in [5.74, 6) is 0.635. The largest absolute Gasteiger partial charge is 0.204 e. The lowest BCUT2D eigenvalue weighted by atomic mass is 10.2. The van der Waals surface area contributed by atoms with E-state index in [2.05, 4.69) is 43.5 Å². The van der Waals surface area contributed by atoms with Gasteiger partial charge in [0.05, 0.1) is 6.54 Å². The summed E-state index contributed by atoms with van der Waals surface area (Å²) in [5.41, 5.74) is 2.11. The van der Waals surface area contributed by atoms with Crippen molar-refractivity contribution in [3.05, 3.63) is 70.7 Å². The van der Waals surface area contributed by atoms with Crippen LogP contribution in [0, 0.1) is 0 Å². The van der Waals surface area contributed by atoms with Gasteiger partial charge in [-0.1, -0.05) is 58.4 Å². The van der Waals surface area contributed by atoms with Crippen molar-refractivity contribution in [3.63, 3.8) is 0 Å². The monoisotopic (exact) mass is 340 g/mol. The Labute approximate surface area is 131 Å². The van der Waals surface area contributed by atoms with Crippen molar-refractivity contribution in [1.82, 2.24) is 20.2 Å². The zero-order chi connectivity index (χ0) is 14.5. The van der Waals surface area contributed by atoms with Crippen LogP contribution in [-0.4, -0.2) is 20.2 Å². The fourth-order valence-electron chi connectivity index (χ4n) is 1.88. The van der Waals surface area contributed by atoms with E-state index >= 15 is 0 Å². The molecule has 0 atom stereocenters. The maximum atomic E-state index is 4.37. The van der Waals surface area contributed by atoms with Crippen LogP contribution in [0.1, 0.15) is 5.56 Å². The SMILES string of the molecule is Brc1ccc(-c2nnn(C/C=C/c3ccccc3)n2)cc1. The van der Waals surface area contributed by atoms with Gasteiger partial charge in [0, 0.05) is 10.0 Å². The molecule has 0 saturated heterocycles. The molecule has 4 nitrogen and oxygen atoms in total. The molecule has 0 unspecified atom stereocenters. The third kappa shape index (κ3) is 3.64. The van der Waals surface area contributed by atoms with Crippen LogP contribution in [0.5, 0.6) is 0 Å². The molecule has 3 aromatic rings. The average molecular weight is 341 g/mol. The van der Waals surface area contributed by atoms with Crippen LogP contribution in [0.15, 0.2) is 65.1 Å². The molecule has 104 valence electrons. The van der Waals surface area contributed by atoms with E-state index in [0.29, 0.717) is 12.4 Å². The van der Waals surface area contributed by atoms with E-state index < -0.39 is 0 Å². The van der Waals surface area contributed by atoms with Crippen molar-refractivity contribution in [2.24, 2.45) is 0 Å². The molecule has 2 aromatic carbocycles. The number of hydrogen-bond donors (Lipinski definition) is 0. The van der Waals surface area contributed by atoms with Gasteiger partial charge in [0.15, 0.2) is 0 Å². The summed E-state index contributed by atoms with van der Waals surface area (Å²) >= 11 is 3.41. The molecule has 21 heavy (non-hydrogen) atoms. The van der Waals surface area contributed by atoms with E-state index in [1.807, 2.05) is 54.6 Å². The Kier molecular flexibility index (Phi) is 4.21. The quantitative estimate of drug-likeness (QED) is 0.725. The predicted molar refractivity (Wildman–Crippen MR) is 86.4 cm³/mol. The van der Waals surface area contributed by atoms with Gasteiger partial charge in [0.1, 0.15) is 0 Å². The van der Waals surface area contributed by atoms with Gasteiger partial charge in [-0.25, -0.2) is 0 Å². The number of hydrogen-bond acceptors (Lipinski definition) is 3. The van der Waals surface area contributed by atoms with Gasteiger partial charge in [-0.05, 0) is 35.0 Å². The van der Waals surface area contributed by atoms with Gasteiger partial charge in [-0.3, -0.25) is 0 Å². The summed E-state index contributed by atoms with van der Waals surface area (Å²) in [5, 5.41) is 12.5. The van der Waals surface area contributed by atoms with Crippen LogP contribution in [0.3, 0.4) is 0 Å². The normalized spacial score (nSPS) is 11.1. The van der Waals surface area contributed by atoms with E-state index in [1.54, 1.807) is 4.80 Å². The first-order chi connectivity index (χ1) is 10.3. The van der Waals surface area contributed by atoms with Gasteiger partial charge >= 0.3 is 0 Å². The number of aromatic nitrogens is 4. The van der Waals surface area contributed by atoms with E-state index in [-0.39, 0.29) is 0 Å². The summed E-state index contributed by atoms with van der Waals surface area (Å²) < 4.78 is 1.03. The first kappa shape index (κ1) is 13.7. The van der Waals surface area contributed by atoms with E-state index in [1.165, 1.54) is 0 Å². The minimum absolute atomic E-state index is 0.596. The second-order valence-corrected chi connectivity index (χ2v) is 5.40. The van der Waals surface area contributed by atoms with Gasteiger partial charge in [0.2, 0.25) is 5.82 Å². The summed E-state index contributed by atoms with van der Waals surface area (Å²) in [6.45, 7) is 0.596. The maximum absolute atomic E-state index is 4.37. The number of halogens is 1. The van der Waals surface area contributed by atoms with Crippen LogP contribution in [0.25, 0.3) is 17.5 Å². The molecular formula is C16H13BrN4. The Morgan fingerprint density at radius 3 is 2.52 bits per heavy atom. The second kappa shape index (κ2) is 6.45. The number of tetrazole rings is 1. The summed E-state index contributed by atoms with van der Waals surface area (Å²) in [7, 11) is 0. The molecule has 0 amide bonds. The van der Waals surface area contributed by atoms with Crippen molar-refractivity contribution < 1.29 is 0 Å². The molecule has 5 heteroatoms. The molecule has 1 aromatic heterocycles. The molecule has 1 heterocycles. The standard InChI is InChI=1S/C16H13BrN4/c17-15-10-8-14(9-11-15)16-18-20-21(19-16)12-4-7-13-5-2-1-3-6-13/h1-11H,12H2/b7-4+. The molecule has 0 aliphatic carbocycles. The highest BCUT2D eigenvalue weighted by Crippen LogP contribution is 2.17. The predicted octanol–water partition coefficient (Wildman–Crippen LogP) is 3.82. The smallest absolute Gasteiger partial charge is 0.160 e. The molecule has 3 rings (SSSR count). The lowest BCUT2D eigenvalue weighted by Gasteiger charge is -1.94. The Morgan fingerprint density at radius 2 is 1.76 bits per heavy atom. The summed E-state index contributed by atoms with van der Waals surface area (Å²) in [4.78, 5) is 1.58. The van der Waals surface area contributed by atoms with E-state index in [0.717, 1.165) is 15.6 Å². The molecule has 0 spiro atoms. The fourth-order valence-corrected chi connectivity index (χ4v) is 2.15. The number of rotatable bonds is 4. The highest BCUT2D eigenvalue weighted by Gasteiger charge is 2.04. The van der Waals surface area contributed by atoms with Crippen molar-refractivity contribution >= 4 is 22.0 Å². The summed E-state index contributed by atoms with van der Waals surface area (Å²) in [6, 6.07) is 18.0. The third-order valence-electron chi connectivity index (χ3n) is 2.93. The molecule has 0 aliphatic heterocycles. The summed E-state index contributed by atoms with van der Waals surface area (Å²) in [6.07, 6.45) is 4.06. The Hall–Kier alpha value is -2.27. The Balaban J connectivity index is 1.68. The highest BCUT2D eigenvalue weighted by molar-refractivity contribution is 9.10. The van der Waals surface area contributed by atoms with Crippen molar-refractivity contribution in [2.75, 3.05) is 0 Å². The number of allylic oxidation sites excluding steroid dienone is 1. The molecule has 0 radical (unpaired) electrons. The minimum atomic E-state index is 0.596. The molecule has 0 fully saturated rings. The lowest BCUT2D eigenvalue weighted by Crippen LogP contribution is -1.99.